The monoisotopic (exact) mass is 275 g/mol. The first-order valence-electron chi connectivity index (χ1n) is 6.21. The number of nitrogens with zero attached hydrogens (tertiary/aromatic N) is 1. The van der Waals surface area contributed by atoms with Gasteiger partial charge in [0.05, 0.1) is 7.11 Å². The number of aryl methyl sites for hydroxylation is 2. The van der Waals surface area contributed by atoms with E-state index in [0.29, 0.717) is 11.5 Å². The van der Waals surface area contributed by atoms with E-state index in [0.717, 1.165) is 17.1 Å². The molecule has 0 aliphatic carbocycles. The zero-order valence-corrected chi connectivity index (χ0v) is 11.7. The molecule has 5 nitrogen and oxygen atoms in total. The van der Waals surface area contributed by atoms with Crippen molar-refractivity contribution < 1.29 is 19.4 Å². The number of aromatic nitrogens is 1. The fourth-order valence-corrected chi connectivity index (χ4v) is 2.13. The first kappa shape index (κ1) is 14.0. The van der Waals surface area contributed by atoms with E-state index in [1.165, 1.54) is 7.11 Å². The van der Waals surface area contributed by atoms with Gasteiger partial charge in [0.15, 0.2) is 18.1 Å². The number of carboxylic acid groups (broad SMARTS) is 1. The summed E-state index contributed by atoms with van der Waals surface area (Å²) in [5.41, 5.74) is 3.10. The Bertz CT molecular complexity index is 611. The van der Waals surface area contributed by atoms with Gasteiger partial charge in [0.1, 0.15) is 0 Å². The van der Waals surface area contributed by atoms with Crippen molar-refractivity contribution in [3.63, 3.8) is 0 Å². The molecule has 1 heterocycles. The van der Waals surface area contributed by atoms with Crippen LogP contribution in [0.2, 0.25) is 0 Å². The maximum atomic E-state index is 10.6. The van der Waals surface area contributed by atoms with Gasteiger partial charge in [0.25, 0.3) is 0 Å². The van der Waals surface area contributed by atoms with Crippen LogP contribution in [-0.4, -0.2) is 29.4 Å². The van der Waals surface area contributed by atoms with Crippen LogP contribution in [0, 0.1) is 13.8 Å². The minimum Gasteiger partial charge on any atom is -0.493 e. The fourth-order valence-electron chi connectivity index (χ4n) is 2.13. The first-order valence-corrected chi connectivity index (χ1v) is 6.21. The molecule has 0 fully saturated rings. The Morgan fingerprint density at radius 1 is 1.15 bits per heavy atom. The standard InChI is InChI=1S/C15H17NO4/c1-10-4-5-11(2)16(10)12-6-7-13(19-3)14(8-12)20-9-15(17)18/h4-8H,9H2,1-3H3,(H,17,18). The average Bonchev–Trinajstić information content (AvgIpc) is 2.75. The maximum Gasteiger partial charge on any atom is 0.341 e. The molecule has 0 spiro atoms. The van der Waals surface area contributed by atoms with Crippen LogP contribution in [0.5, 0.6) is 11.5 Å². The molecule has 1 N–H and O–H groups in total. The van der Waals surface area contributed by atoms with E-state index in [-0.39, 0.29) is 0 Å². The molecule has 20 heavy (non-hydrogen) atoms. The molecule has 5 heteroatoms. The highest BCUT2D eigenvalue weighted by molar-refractivity contribution is 5.68. The molecular weight excluding hydrogens is 258 g/mol. The van der Waals surface area contributed by atoms with Crippen LogP contribution >= 0.6 is 0 Å². The van der Waals surface area contributed by atoms with Crippen LogP contribution in [0.25, 0.3) is 5.69 Å². The Hall–Kier alpha value is -2.43. The molecule has 0 aliphatic heterocycles. The summed E-state index contributed by atoms with van der Waals surface area (Å²) in [7, 11) is 1.52. The van der Waals surface area contributed by atoms with Gasteiger partial charge in [-0.05, 0) is 38.1 Å². The van der Waals surface area contributed by atoms with Gasteiger partial charge in [0.2, 0.25) is 0 Å². The van der Waals surface area contributed by atoms with Gasteiger partial charge in [-0.2, -0.15) is 0 Å². The Morgan fingerprint density at radius 3 is 2.35 bits per heavy atom. The number of ether oxygens (including phenoxy) is 2. The summed E-state index contributed by atoms with van der Waals surface area (Å²) in [4.78, 5) is 10.6. The topological polar surface area (TPSA) is 60.7 Å². The Labute approximate surface area is 117 Å². The van der Waals surface area contributed by atoms with Crippen LogP contribution < -0.4 is 9.47 Å². The second-order valence-corrected chi connectivity index (χ2v) is 4.47. The average molecular weight is 275 g/mol. The molecule has 1 aromatic carbocycles. The lowest BCUT2D eigenvalue weighted by Gasteiger charge is -2.14. The van der Waals surface area contributed by atoms with Gasteiger partial charge in [0, 0.05) is 23.1 Å². The number of carbonyl (C=O) groups is 1. The lowest BCUT2D eigenvalue weighted by molar-refractivity contribution is -0.139. The Morgan fingerprint density at radius 2 is 1.80 bits per heavy atom. The van der Waals surface area contributed by atoms with E-state index in [1.807, 2.05) is 32.0 Å². The van der Waals surface area contributed by atoms with E-state index in [4.69, 9.17) is 14.6 Å². The number of methoxy groups -OCH3 is 1. The van der Waals surface area contributed by atoms with Crippen molar-refractivity contribution in [2.45, 2.75) is 13.8 Å². The van der Waals surface area contributed by atoms with Gasteiger partial charge < -0.3 is 19.1 Å². The van der Waals surface area contributed by atoms with E-state index < -0.39 is 12.6 Å². The quantitative estimate of drug-likeness (QED) is 0.911. The third kappa shape index (κ3) is 2.77. The summed E-state index contributed by atoms with van der Waals surface area (Å²) >= 11 is 0. The molecule has 2 rings (SSSR count). The van der Waals surface area contributed by atoms with E-state index in [9.17, 15) is 4.79 Å². The number of hydrogen-bond donors (Lipinski definition) is 1. The summed E-state index contributed by atoms with van der Waals surface area (Å²) in [5.74, 6) is -0.0943. The predicted octanol–water partition coefficient (Wildman–Crippen LogP) is 2.57. The van der Waals surface area contributed by atoms with Crippen molar-refractivity contribution in [1.82, 2.24) is 4.57 Å². The van der Waals surface area contributed by atoms with Gasteiger partial charge in [-0.25, -0.2) is 4.79 Å². The largest absolute Gasteiger partial charge is 0.493 e. The van der Waals surface area contributed by atoms with Crippen LogP contribution in [0.3, 0.4) is 0 Å². The molecule has 106 valence electrons. The third-order valence-corrected chi connectivity index (χ3v) is 3.03. The SMILES string of the molecule is COc1ccc(-n2c(C)ccc2C)cc1OCC(=O)O. The van der Waals surface area contributed by atoms with Gasteiger partial charge in [-0.3, -0.25) is 0 Å². The van der Waals surface area contributed by atoms with E-state index >= 15 is 0 Å². The summed E-state index contributed by atoms with van der Waals surface area (Å²) in [5, 5.41) is 8.71. The number of rotatable bonds is 5. The second-order valence-electron chi connectivity index (χ2n) is 4.47. The number of benzene rings is 1. The summed E-state index contributed by atoms with van der Waals surface area (Å²) in [6, 6.07) is 9.51. The minimum absolute atomic E-state index is 0.399. The van der Waals surface area contributed by atoms with Crippen molar-refractivity contribution in [2.75, 3.05) is 13.7 Å². The van der Waals surface area contributed by atoms with Crippen LogP contribution in [0.4, 0.5) is 0 Å². The molecular formula is C15H17NO4. The van der Waals surface area contributed by atoms with Crippen LogP contribution in [0.15, 0.2) is 30.3 Å². The van der Waals surface area contributed by atoms with E-state index in [1.54, 1.807) is 12.1 Å². The Balaban J connectivity index is 2.41. The lowest BCUT2D eigenvalue weighted by atomic mass is 10.2. The van der Waals surface area contributed by atoms with Crippen LogP contribution in [0.1, 0.15) is 11.4 Å². The molecule has 0 amide bonds. The smallest absolute Gasteiger partial charge is 0.341 e. The molecule has 0 unspecified atom stereocenters. The molecule has 0 radical (unpaired) electrons. The van der Waals surface area contributed by atoms with Crippen molar-refractivity contribution >= 4 is 5.97 Å². The summed E-state index contributed by atoms with van der Waals surface area (Å²) in [6.45, 7) is 3.62. The zero-order valence-electron chi connectivity index (χ0n) is 11.7. The molecule has 0 bridgehead atoms. The Kier molecular flexibility index (Phi) is 3.98. The zero-order chi connectivity index (χ0) is 14.7. The fraction of sp³-hybridized carbons (Fsp3) is 0.267. The first-order chi connectivity index (χ1) is 9.52. The van der Waals surface area contributed by atoms with Gasteiger partial charge >= 0.3 is 5.97 Å². The lowest BCUT2D eigenvalue weighted by Crippen LogP contribution is -2.10. The van der Waals surface area contributed by atoms with Crippen molar-refractivity contribution in [3.8, 4) is 17.2 Å². The molecule has 0 atom stereocenters. The second kappa shape index (κ2) is 5.69. The van der Waals surface area contributed by atoms with E-state index in [2.05, 4.69) is 4.57 Å². The van der Waals surface area contributed by atoms with Crippen LogP contribution in [-0.2, 0) is 4.79 Å². The van der Waals surface area contributed by atoms with Crippen molar-refractivity contribution in [1.29, 1.82) is 0 Å². The summed E-state index contributed by atoms with van der Waals surface area (Å²) < 4.78 is 12.5. The minimum atomic E-state index is -1.02. The number of hydrogen-bond acceptors (Lipinski definition) is 3. The molecule has 0 saturated heterocycles. The number of carboxylic acids is 1. The molecule has 2 aromatic rings. The summed E-state index contributed by atoms with van der Waals surface area (Å²) in [6.07, 6.45) is 0. The highest BCUT2D eigenvalue weighted by atomic mass is 16.5. The third-order valence-electron chi connectivity index (χ3n) is 3.03. The highest BCUT2D eigenvalue weighted by Crippen LogP contribution is 2.30. The molecule has 1 aromatic heterocycles. The number of aliphatic carboxylic acids is 1. The molecule has 0 aliphatic rings. The highest BCUT2D eigenvalue weighted by Gasteiger charge is 2.11. The van der Waals surface area contributed by atoms with Crippen molar-refractivity contribution in [2.24, 2.45) is 0 Å². The van der Waals surface area contributed by atoms with Crippen molar-refractivity contribution in [3.05, 3.63) is 41.7 Å². The molecule has 0 saturated carbocycles. The maximum absolute atomic E-state index is 10.6. The predicted molar refractivity (Wildman–Crippen MR) is 74.9 cm³/mol. The normalized spacial score (nSPS) is 10.3. The van der Waals surface area contributed by atoms with Gasteiger partial charge in [-0.15, -0.1) is 0 Å². The van der Waals surface area contributed by atoms with Gasteiger partial charge in [-0.1, -0.05) is 0 Å².